The van der Waals surface area contributed by atoms with Crippen LogP contribution in [0.4, 0.5) is 0 Å². The van der Waals surface area contributed by atoms with Crippen LogP contribution in [0.25, 0.3) is 0 Å². The molecule has 1 aliphatic carbocycles. The third-order valence-electron chi connectivity index (χ3n) is 4.16. The summed E-state index contributed by atoms with van der Waals surface area (Å²) in [6.45, 7) is 3.07. The van der Waals surface area contributed by atoms with E-state index in [9.17, 15) is 4.79 Å². The summed E-state index contributed by atoms with van der Waals surface area (Å²) in [4.78, 5) is 12.2. The fraction of sp³-hybridized carbons (Fsp3) is 0.533. The minimum Gasteiger partial charge on any atom is -0.351 e. The fourth-order valence-electron chi connectivity index (χ4n) is 2.79. The van der Waals surface area contributed by atoms with Gasteiger partial charge in [-0.05, 0) is 59.4 Å². The Balaban J connectivity index is 1.98. The highest BCUT2D eigenvalue weighted by atomic mass is 127. The van der Waals surface area contributed by atoms with Crippen LogP contribution in [-0.2, 0) is 0 Å². The quantitative estimate of drug-likeness (QED) is 0.812. The summed E-state index contributed by atoms with van der Waals surface area (Å²) in [6.07, 6.45) is 6.31. The normalized spacial score (nSPS) is 17.7. The van der Waals surface area contributed by atoms with Gasteiger partial charge in [-0.15, -0.1) is 0 Å². The van der Waals surface area contributed by atoms with Gasteiger partial charge in [-0.3, -0.25) is 4.79 Å². The first-order valence-electron chi connectivity index (χ1n) is 6.70. The molecule has 0 saturated heterocycles. The van der Waals surface area contributed by atoms with Crippen LogP contribution in [0.15, 0.2) is 24.3 Å². The summed E-state index contributed by atoms with van der Waals surface area (Å²) in [5.41, 5.74) is 1.15. The summed E-state index contributed by atoms with van der Waals surface area (Å²) < 4.78 is 1.02. The van der Waals surface area contributed by atoms with Crippen molar-refractivity contribution in [1.29, 1.82) is 0 Å². The van der Waals surface area contributed by atoms with Crippen LogP contribution in [0.5, 0.6) is 0 Å². The van der Waals surface area contributed by atoms with Gasteiger partial charge >= 0.3 is 0 Å². The summed E-state index contributed by atoms with van der Waals surface area (Å²) in [5, 5.41) is 3.13. The average molecular weight is 357 g/mol. The molecule has 2 rings (SSSR count). The van der Waals surface area contributed by atoms with E-state index < -0.39 is 0 Å². The van der Waals surface area contributed by atoms with Crippen LogP contribution < -0.4 is 5.32 Å². The van der Waals surface area contributed by atoms with Crippen molar-refractivity contribution in [3.63, 3.8) is 0 Å². The van der Waals surface area contributed by atoms with E-state index in [1.54, 1.807) is 0 Å². The van der Waals surface area contributed by atoms with Crippen molar-refractivity contribution in [2.45, 2.75) is 39.0 Å². The molecule has 0 aromatic heterocycles. The Hall–Kier alpha value is -0.580. The molecule has 1 aromatic carbocycles. The van der Waals surface area contributed by atoms with Crippen LogP contribution in [0.1, 0.15) is 49.4 Å². The molecule has 1 N–H and O–H groups in total. The standard InChI is InChI=1S/C15H20INO/c1-2-15(9-5-6-10-15)11-17-14(18)12-7-3-4-8-13(12)16/h3-4,7-8H,2,5-6,9-11H2,1H3,(H,17,18). The second kappa shape index (κ2) is 6.04. The first kappa shape index (κ1) is 13.8. The maximum Gasteiger partial charge on any atom is 0.252 e. The average Bonchev–Trinajstić information content (AvgIpc) is 2.86. The van der Waals surface area contributed by atoms with Crippen LogP contribution in [0.2, 0.25) is 0 Å². The van der Waals surface area contributed by atoms with Gasteiger partial charge in [0.15, 0.2) is 0 Å². The molecule has 2 nitrogen and oxygen atoms in total. The van der Waals surface area contributed by atoms with Gasteiger partial charge in [0.1, 0.15) is 0 Å². The zero-order valence-electron chi connectivity index (χ0n) is 10.8. The largest absolute Gasteiger partial charge is 0.351 e. The Bertz CT molecular complexity index is 424. The van der Waals surface area contributed by atoms with Crippen molar-refractivity contribution >= 4 is 28.5 Å². The molecule has 98 valence electrons. The SMILES string of the molecule is CCC1(CNC(=O)c2ccccc2I)CCCC1. The zero-order chi connectivity index (χ0) is 13.0. The summed E-state index contributed by atoms with van der Waals surface area (Å²) in [7, 11) is 0. The Labute approximate surface area is 123 Å². The molecule has 1 saturated carbocycles. The molecule has 1 aliphatic rings. The van der Waals surface area contributed by atoms with Gasteiger partial charge in [-0.1, -0.05) is 31.9 Å². The van der Waals surface area contributed by atoms with Gasteiger partial charge in [0.05, 0.1) is 5.56 Å². The number of nitrogens with one attached hydrogen (secondary N) is 1. The Morgan fingerprint density at radius 2 is 2.00 bits per heavy atom. The lowest BCUT2D eigenvalue weighted by Gasteiger charge is -2.27. The third kappa shape index (κ3) is 3.05. The van der Waals surface area contributed by atoms with Gasteiger partial charge in [-0.25, -0.2) is 0 Å². The van der Waals surface area contributed by atoms with E-state index in [0.29, 0.717) is 5.41 Å². The highest BCUT2D eigenvalue weighted by Crippen LogP contribution is 2.40. The maximum absolute atomic E-state index is 12.2. The molecule has 0 atom stereocenters. The lowest BCUT2D eigenvalue weighted by atomic mass is 9.83. The number of benzene rings is 1. The topological polar surface area (TPSA) is 29.1 Å². The maximum atomic E-state index is 12.2. The molecule has 0 radical (unpaired) electrons. The van der Waals surface area contributed by atoms with E-state index >= 15 is 0 Å². The highest BCUT2D eigenvalue weighted by Gasteiger charge is 2.32. The second-order valence-electron chi connectivity index (χ2n) is 5.22. The van der Waals surface area contributed by atoms with E-state index in [1.165, 1.54) is 32.1 Å². The van der Waals surface area contributed by atoms with Crippen molar-refractivity contribution in [3.05, 3.63) is 33.4 Å². The zero-order valence-corrected chi connectivity index (χ0v) is 13.0. The summed E-state index contributed by atoms with van der Waals surface area (Å²) in [6, 6.07) is 7.75. The van der Waals surface area contributed by atoms with Gasteiger partial charge in [0.2, 0.25) is 0 Å². The number of rotatable bonds is 4. The summed E-state index contributed by atoms with van der Waals surface area (Å²) in [5.74, 6) is 0.0692. The molecule has 1 amide bonds. The molecule has 1 aromatic rings. The first-order valence-corrected chi connectivity index (χ1v) is 7.77. The molecular formula is C15H20INO. The van der Waals surface area contributed by atoms with Gasteiger partial charge < -0.3 is 5.32 Å². The van der Waals surface area contributed by atoms with Gasteiger partial charge in [-0.2, -0.15) is 0 Å². The van der Waals surface area contributed by atoms with Crippen LogP contribution in [-0.4, -0.2) is 12.5 Å². The van der Waals surface area contributed by atoms with E-state index in [2.05, 4.69) is 34.8 Å². The fourth-order valence-corrected chi connectivity index (χ4v) is 3.42. The third-order valence-corrected chi connectivity index (χ3v) is 5.10. The lowest BCUT2D eigenvalue weighted by molar-refractivity contribution is 0.0928. The molecule has 18 heavy (non-hydrogen) atoms. The van der Waals surface area contributed by atoms with E-state index in [0.717, 1.165) is 15.7 Å². The molecule has 3 heteroatoms. The monoisotopic (exact) mass is 357 g/mol. The Morgan fingerprint density at radius 1 is 1.33 bits per heavy atom. The van der Waals surface area contributed by atoms with Crippen molar-refractivity contribution in [2.24, 2.45) is 5.41 Å². The molecule has 0 unspecified atom stereocenters. The smallest absolute Gasteiger partial charge is 0.252 e. The number of amides is 1. The highest BCUT2D eigenvalue weighted by molar-refractivity contribution is 14.1. The van der Waals surface area contributed by atoms with Crippen LogP contribution >= 0.6 is 22.6 Å². The van der Waals surface area contributed by atoms with Gasteiger partial charge in [0.25, 0.3) is 5.91 Å². The van der Waals surface area contributed by atoms with E-state index in [-0.39, 0.29) is 5.91 Å². The van der Waals surface area contributed by atoms with Crippen molar-refractivity contribution in [2.75, 3.05) is 6.54 Å². The molecular weight excluding hydrogens is 337 g/mol. The number of carbonyl (C=O) groups is 1. The molecule has 1 fully saturated rings. The Morgan fingerprint density at radius 3 is 2.61 bits per heavy atom. The number of halogens is 1. The van der Waals surface area contributed by atoms with Crippen LogP contribution in [0.3, 0.4) is 0 Å². The minimum atomic E-state index is 0.0692. The predicted molar refractivity (Wildman–Crippen MR) is 82.7 cm³/mol. The molecule has 0 bridgehead atoms. The number of hydrogen-bond donors (Lipinski definition) is 1. The minimum absolute atomic E-state index is 0.0692. The van der Waals surface area contributed by atoms with Crippen molar-refractivity contribution in [1.82, 2.24) is 5.32 Å². The number of carbonyl (C=O) groups excluding carboxylic acids is 1. The van der Waals surface area contributed by atoms with Crippen molar-refractivity contribution < 1.29 is 4.79 Å². The molecule has 0 spiro atoms. The lowest BCUT2D eigenvalue weighted by Crippen LogP contribution is -2.35. The predicted octanol–water partition coefficient (Wildman–Crippen LogP) is 3.99. The molecule has 0 aliphatic heterocycles. The van der Waals surface area contributed by atoms with Crippen LogP contribution in [0, 0.1) is 8.99 Å². The van der Waals surface area contributed by atoms with Gasteiger partial charge in [0, 0.05) is 10.1 Å². The first-order chi connectivity index (χ1) is 8.67. The second-order valence-corrected chi connectivity index (χ2v) is 6.39. The Kier molecular flexibility index (Phi) is 4.65. The van der Waals surface area contributed by atoms with Crippen molar-refractivity contribution in [3.8, 4) is 0 Å². The van der Waals surface area contributed by atoms with E-state index in [1.807, 2.05) is 24.3 Å². The van der Waals surface area contributed by atoms with E-state index in [4.69, 9.17) is 0 Å². The number of hydrogen-bond acceptors (Lipinski definition) is 1. The summed E-state index contributed by atoms with van der Waals surface area (Å²) >= 11 is 2.22. The molecule has 0 heterocycles.